The molecule has 0 fully saturated rings. The van der Waals surface area contributed by atoms with E-state index in [0.717, 1.165) is 30.7 Å². The number of aliphatic imine (C=N–C) groups is 1. The van der Waals surface area contributed by atoms with Crippen molar-refractivity contribution in [2.24, 2.45) is 10.9 Å². The lowest BCUT2D eigenvalue weighted by atomic mass is 10.0. The summed E-state index contributed by atoms with van der Waals surface area (Å²) in [5.74, 6) is 2.80. The van der Waals surface area contributed by atoms with E-state index in [9.17, 15) is 0 Å². The average molecular weight is 231 g/mol. The van der Waals surface area contributed by atoms with Crippen LogP contribution in [0, 0.1) is 5.92 Å². The van der Waals surface area contributed by atoms with Gasteiger partial charge in [0.1, 0.15) is 0 Å². The van der Waals surface area contributed by atoms with E-state index in [1.807, 2.05) is 18.8 Å². The van der Waals surface area contributed by atoms with E-state index in [4.69, 9.17) is 0 Å². The van der Waals surface area contributed by atoms with Crippen LogP contribution in [-0.2, 0) is 0 Å². The molecule has 15 heavy (non-hydrogen) atoms. The van der Waals surface area contributed by atoms with Gasteiger partial charge < -0.3 is 10.6 Å². The second kappa shape index (κ2) is 10.1. The quantitative estimate of drug-likeness (QED) is 0.399. The number of nitrogens with zero attached hydrogens (tertiary/aromatic N) is 1. The molecular weight excluding hydrogens is 206 g/mol. The first-order valence-electron chi connectivity index (χ1n) is 5.71. The Morgan fingerprint density at radius 3 is 2.40 bits per heavy atom. The molecule has 0 aromatic carbocycles. The highest BCUT2D eigenvalue weighted by Crippen LogP contribution is 2.04. The highest BCUT2D eigenvalue weighted by Gasteiger charge is 2.03. The van der Waals surface area contributed by atoms with Crippen LogP contribution in [0.15, 0.2) is 4.99 Å². The summed E-state index contributed by atoms with van der Waals surface area (Å²) in [6.07, 6.45) is 4.57. The van der Waals surface area contributed by atoms with Gasteiger partial charge in [0.25, 0.3) is 0 Å². The Labute approximate surface area is 98.5 Å². The van der Waals surface area contributed by atoms with Crippen molar-refractivity contribution < 1.29 is 0 Å². The Morgan fingerprint density at radius 2 is 1.93 bits per heavy atom. The molecular formula is C11H25N3S. The van der Waals surface area contributed by atoms with Crippen molar-refractivity contribution in [1.82, 2.24) is 10.6 Å². The summed E-state index contributed by atoms with van der Waals surface area (Å²) in [6, 6.07) is 0. The van der Waals surface area contributed by atoms with Crippen LogP contribution in [0.25, 0.3) is 0 Å². The molecule has 0 rings (SSSR count). The van der Waals surface area contributed by atoms with Crippen LogP contribution in [0.3, 0.4) is 0 Å². The van der Waals surface area contributed by atoms with Gasteiger partial charge in [0.05, 0.1) is 0 Å². The Balaban J connectivity index is 3.70. The molecule has 0 atom stereocenters. The van der Waals surface area contributed by atoms with Crippen molar-refractivity contribution in [3.63, 3.8) is 0 Å². The molecule has 0 aromatic rings. The molecule has 2 N–H and O–H groups in total. The zero-order valence-electron chi connectivity index (χ0n) is 10.5. The number of thioether (sulfide) groups is 1. The van der Waals surface area contributed by atoms with E-state index >= 15 is 0 Å². The molecule has 0 unspecified atom stereocenters. The summed E-state index contributed by atoms with van der Waals surface area (Å²) in [6.45, 7) is 6.47. The minimum absolute atomic E-state index is 0.754. The number of rotatable bonds is 7. The van der Waals surface area contributed by atoms with E-state index in [-0.39, 0.29) is 0 Å². The Morgan fingerprint density at radius 1 is 1.27 bits per heavy atom. The fourth-order valence-electron chi connectivity index (χ4n) is 1.31. The van der Waals surface area contributed by atoms with Crippen molar-refractivity contribution in [1.29, 1.82) is 0 Å². The van der Waals surface area contributed by atoms with Gasteiger partial charge in [-0.05, 0) is 12.2 Å². The molecule has 0 aliphatic heterocycles. The third-order valence-electron chi connectivity index (χ3n) is 2.54. The molecule has 0 aliphatic rings. The van der Waals surface area contributed by atoms with Crippen LogP contribution in [0.2, 0.25) is 0 Å². The van der Waals surface area contributed by atoms with Gasteiger partial charge in [-0.1, -0.05) is 26.7 Å². The van der Waals surface area contributed by atoms with Crippen LogP contribution >= 0.6 is 11.8 Å². The number of nitrogens with one attached hydrogen (secondary N) is 2. The number of hydrogen-bond donors (Lipinski definition) is 2. The molecule has 0 saturated carbocycles. The van der Waals surface area contributed by atoms with Gasteiger partial charge in [0, 0.05) is 25.9 Å². The van der Waals surface area contributed by atoms with E-state index in [2.05, 4.69) is 35.7 Å². The van der Waals surface area contributed by atoms with Crippen molar-refractivity contribution in [2.45, 2.75) is 26.7 Å². The largest absolute Gasteiger partial charge is 0.356 e. The first-order valence-corrected chi connectivity index (χ1v) is 7.11. The summed E-state index contributed by atoms with van der Waals surface area (Å²) < 4.78 is 0. The fraction of sp³-hybridized carbons (Fsp3) is 0.909. The molecule has 0 saturated heterocycles. The third kappa shape index (κ3) is 7.54. The van der Waals surface area contributed by atoms with E-state index < -0.39 is 0 Å². The van der Waals surface area contributed by atoms with Crippen LogP contribution in [0.5, 0.6) is 0 Å². The highest BCUT2D eigenvalue weighted by atomic mass is 32.2. The summed E-state index contributed by atoms with van der Waals surface area (Å²) in [5.41, 5.74) is 0. The van der Waals surface area contributed by atoms with Crippen LogP contribution in [0.4, 0.5) is 0 Å². The van der Waals surface area contributed by atoms with Gasteiger partial charge in [-0.3, -0.25) is 4.99 Å². The minimum atomic E-state index is 0.754. The Kier molecular flexibility index (Phi) is 9.89. The molecule has 3 nitrogen and oxygen atoms in total. The van der Waals surface area contributed by atoms with Crippen LogP contribution < -0.4 is 10.6 Å². The third-order valence-corrected chi connectivity index (χ3v) is 3.15. The Bertz CT molecular complexity index is 167. The van der Waals surface area contributed by atoms with Crippen molar-refractivity contribution >= 4 is 17.7 Å². The number of guanidine groups is 1. The molecule has 4 heteroatoms. The van der Waals surface area contributed by atoms with E-state index in [0.29, 0.717) is 0 Å². The first kappa shape index (κ1) is 14.6. The summed E-state index contributed by atoms with van der Waals surface area (Å²) >= 11 is 1.84. The van der Waals surface area contributed by atoms with E-state index in [1.54, 1.807) is 0 Å². The molecule has 90 valence electrons. The maximum Gasteiger partial charge on any atom is 0.191 e. The molecule has 0 spiro atoms. The second-order valence-corrected chi connectivity index (χ2v) is 4.54. The molecule has 0 aromatic heterocycles. The van der Waals surface area contributed by atoms with Gasteiger partial charge in [-0.2, -0.15) is 11.8 Å². The van der Waals surface area contributed by atoms with Crippen LogP contribution in [-0.4, -0.2) is 38.1 Å². The molecule has 0 bridgehead atoms. The van der Waals surface area contributed by atoms with E-state index in [1.165, 1.54) is 12.8 Å². The predicted octanol–water partition coefficient (Wildman–Crippen LogP) is 1.95. The molecule has 0 amide bonds. The smallest absolute Gasteiger partial charge is 0.191 e. The number of hydrogen-bond acceptors (Lipinski definition) is 2. The van der Waals surface area contributed by atoms with Gasteiger partial charge in [-0.15, -0.1) is 0 Å². The fourth-order valence-corrected chi connectivity index (χ4v) is 1.62. The van der Waals surface area contributed by atoms with Gasteiger partial charge in [-0.25, -0.2) is 0 Å². The first-order chi connectivity index (χ1) is 7.28. The predicted molar refractivity (Wildman–Crippen MR) is 71.8 cm³/mol. The summed E-state index contributed by atoms with van der Waals surface area (Å²) in [5, 5.41) is 6.65. The Hall–Kier alpha value is -0.380. The maximum absolute atomic E-state index is 4.19. The van der Waals surface area contributed by atoms with Gasteiger partial charge >= 0.3 is 0 Å². The molecule has 0 aliphatic carbocycles. The lowest BCUT2D eigenvalue weighted by molar-refractivity contribution is 0.482. The molecule has 0 radical (unpaired) electrons. The highest BCUT2D eigenvalue weighted by molar-refractivity contribution is 7.98. The van der Waals surface area contributed by atoms with Crippen LogP contribution in [0.1, 0.15) is 26.7 Å². The summed E-state index contributed by atoms with van der Waals surface area (Å²) in [4.78, 5) is 4.19. The average Bonchev–Trinajstić information content (AvgIpc) is 2.28. The monoisotopic (exact) mass is 231 g/mol. The normalized spacial score (nSPS) is 11.9. The van der Waals surface area contributed by atoms with Gasteiger partial charge in [0.2, 0.25) is 0 Å². The summed E-state index contributed by atoms with van der Waals surface area (Å²) in [7, 11) is 1.82. The van der Waals surface area contributed by atoms with Crippen molar-refractivity contribution in [3.8, 4) is 0 Å². The van der Waals surface area contributed by atoms with Crippen molar-refractivity contribution in [2.75, 3.05) is 32.1 Å². The zero-order chi connectivity index (χ0) is 11.5. The van der Waals surface area contributed by atoms with Gasteiger partial charge in [0.15, 0.2) is 5.96 Å². The second-order valence-electron chi connectivity index (χ2n) is 3.56. The maximum atomic E-state index is 4.19. The van der Waals surface area contributed by atoms with Crippen molar-refractivity contribution in [3.05, 3.63) is 0 Å². The zero-order valence-corrected chi connectivity index (χ0v) is 11.3. The topological polar surface area (TPSA) is 36.4 Å². The lowest BCUT2D eigenvalue weighted by Gasteiger charge is -2.16. The standard InChI is InChI=1S/C11H25N3S/c1-5-10(6-2)9-14-11(12-3)13-7-8-15-4/h10H,5-9H2,1-4H3,(H2,12,13,14). The lowest BCUT2D eigenvalue weighted by Crippen LogP contribution is -2.40. The molecule has 0 heterocycles. The SMILES string of the molecule is CCC(CC)CNC(=NC)NCCSC. The minimum Gasteiger partial charge on any atom is -0.356 e.